The second-order valence-electron chi connectivity index (χ2n) is 8.11. The lowest BCUT2D eigenvalue weighted by Gasteiger charge is -2.21. The Balaban J connectivity index is 1.29. The van der Waals surface area contributed by atoms with Gasteiger partial charge in [-0.05, 0) is 29.2 Å². The highest BCUT2D eigenvalue weighted by molar-refractivity contribution is 5.83. The van der Waals surface area contributed by atoms with Crippen LogP contribution < -0.4 is 5.32 Å². The zero-order valence-corrected chi connectivity index (χ0v) is 18.8. The van der Waals surface area contributed by atoms with Crippen molar-refractivity contribution in [2.24, 2.45) is 0 Å². The summed E-state index contributed by atoms with van der Waals surface area (Å²) < 4.78 is 6.79. The van der Waals surface area contributed by atoms with Crippen LogP contribution in [0.3, 0.4) is 0 Å². The Bertz CT molecular complexity index is 1180. The monoisotopic (exact) mass is 463 g/mol. The van der Waals surface area contributed by atoms with Crippen molar-refractivity contribution in [3.05, 3.63) is 71.5 Å². The van der Waals surface area contributed by atoms with Crippen molar-refractivity contribution in [2.45, 2.75) is 32.0 Å². The molecule has 0 spiro atoms. The Labute approximate surface area is 196 Å². The summed E-state index contributed by atoms with van der Waals surface area (Å²) in [7, 11) is 1.41. The van der Waals surface area contributed by atoms with E-state index in [1.54, 1.807) is 0 Å². The summed E-state index contributed by atoms with van der Waals surface area (Å²) in [6, 6.07) is 15.2. The van der Waals surface area contributed by atoms with E-state index < -0.39 is 24.0 Å². The van der Waals surface area contributed by atoms with E-state index in [1.807, 2.05) is 24.3 Å². The molecular weight excluding hydrogens is 438 g/mol. The molecule has 10 nitrogen and oxygen atoms in total. The molecule has 0 unspecified atom stereocenters. The standard InChI is InChI=1S/C24H25N5O5/c1-15(23(31)32)28(2)22(30)13-29-12-16(26-27-29)11-25-24(33)34-14-21-19-9-5-3-7-17(19)18-8-4-6-10-20(18)21/h3-10,12,15,21H,11,13-14H2,1-2H3,(H,25,33)(H,31,32)/t15-/m0/s1. The molecule has 4 rings (SSSR count). The number of likely N-dealkylation sites (N-methyl/N-ethyl adjacent to an activating group) is 1. The molecule has 0 saturated carbocycles. The number of carbonyl (C=O) groups is 3. The lowest BCUT2D eigenvalue weighted by Crippen LogP contribution is -2.41. The van der Waals surface area contributed by atoms with Crippen molar-refractivity contribution in [2.75, 3.05) is 13.7 Å². The number of hydrogen-bond acceptors (Lipinski definition) is 6. The minimum atomic E-state index is -1.09. The molecule has 1 aromatic heterocycles. The number of benzene rings is 2. The Hall–Kier alpha value is -4.21. The van der Waals surface area contributed by atoms with Gasteiger partial charge in [-0.2, -0.15) is 0 Å². The van der Waals surface area contributed by atoms with Gasteiger partial charge in [0.25, 0.3) is 0 Å². The molecule has 0 radical (unpaired) electrons. The normalized spacial score (nSPS) is 13.0. The molecule has 34 heavy (non-hydrogen) atoms. The number of aromatic nitrogens is 3. The fourth-order valence-electron chi connectivity index (χ4n) is 3.94. The maximum Gasteiger partial charge on any atom is 0.407 e. The van der Waals surface area contributed by atoms with Crippen LogP contribution >= 0.6 is 0 Å². The lowest BCUT2D eigenvalue weighted by atomic mass is 9.98. The van der Waals surface area contributed by atoms with Gasteiger partial charge in [0, 0.05) is 13.0 Å². The first-order valence-electron chi connectivity index (χ1n) is 10.8. The predicted octanol–water partition coefficient (Wildman–Crippen LogP) is 2.25. The van der Waals surface area contributed by atoms with Crippen molar-refractivity contribution in [1.82, 2.24) is 25.2 Å². The number of hydrogen-bond donors (Lipinski definition) is 2. The topological polar surface area (TPSA) is 127 Å². The third-order valence-corrected chi connectivity index (χ3v) is 5.97. The Kier molecular flexibility index (Phi) is 6.58. The highest BCUT2D eigenvalue weighted by atomic mass is 16.5. The summed E-state index contributed by atoms with van der Waals surface area (Å²) in [6.45, 7) is 1.54. The fourth-order valence-corrected chi connectivity index (χ4v) is 3.94. The molecule has 2 amide bonds. The first kappa shape index (κ1) is 23.0. The number of alkyl carbamates (subject to hydrolysis) is 1. The fraction of sp³-hybridized carbons (Fsp3) is 0.292. The van der Waals surface area contributed by atoms with Crippen LogP contribution in [-0.4, -0.2) is 62.7 Å². The summed E-state index contributed by atoms with van der Waals surface area (Å²) >= 11 is 0. The van der Waals surface area contributed by atoms with Gasteiger partial charge in [0.15, 0.2) is 0 Å². The zero-order valence-electron chi connectivity index (χ0n) is 18.8. The molecule has 2 N–H and O–H groups in total. The van der Waals surface area contributed by atoms with Crippen LogP contribution in [-0.2, 0) is 27.4 Å². The summed E-state index contributed by atoms with van der Waals surface area (Å²) in [5, 5.41) is 19.5. The van der Waals surface area contributed by atoms with Gasteiger partial charge in [-0.15, -0.1) is 5.10 Å². The average molecular weight is 463 g/mol. The molecule has 10 heteroatoms. The molecule has 0 saturated heterocycles. The van der Waals surface area contributed by atoms with Gasteiger partial charge in [0.1, 0.15) is 24.9 Å². The number of nitrogens with zero attached hydrogens (tertiary/aromatic N) is 4. The second kappa shape index (κ2) is 9.74. The SMILES string of the molecule is C[C@@H](C(=O)O)N(C)C(=O)Cn1cc(CNC(=O)OCC2c3ccccc3-c3ccccc32)nn1. The Morgan fingerprint density at radius 1 is 1.12 bits per heavy atom. The van der Waals surface area contributed by atoms with E-state index in [2.05, 4.69) is 39.9 Å². The number of rotatable bonds is 8. The molecule has 176 valence electrons. The molecule has 1 atom stereocenters. The van der Waals surface area contributed by atoms with Gasteiger partial charge in [-0.25, -0.2) is 14.3 Å². The summed E-state index contributed by atoms with van der Waals surface area (Å²) in [4.78, 5) is 36.7. The van der Waals surface area contributed by atoms with Crippen molar-refractivity contribution in [3.63, 3.8) is 0 Å². The Morgan fingerprint density at radius 2 is 1.74 bits per heavy atom. The molecule has 0 aliphatic heterocycles. The van der Waals surface area contributed by atoms with Gasteiger partial charge in [-0.1, -0.05) is 53.7 Å². The first-order chi connectivity index (χ1) is 16.3. The third-order valence-electron chi connectivity index (χ3n) is 5.97. The second-order valence-corrected chi connectivity index (χ2v) is 8.11. The van der Waals surface area contributed by atoms with E-state index in [0.717, 1.165) is 27.2 Å². The van der Waals surface area contributed by atoms with Crippen LogP contribution in [0, 0.1) is 0 Å². The largest absolute Gasteiger partial charge is 0.480 e. The van der Waals surface area contributed by atoms with Crippen molar-refractivity contribution >= 4 is 18.0 Å². The molecule has 2 aromatic carbocycles. The van der Waals surface area contributed by atoms with Crippen LogP contribution in [0.4, 0.5) is 4.79 Å². The van der Waals surface area contributed by atoms with Gasteiger partial charge in [0.2, 0.25) is 5.91 Å². The van der Waals surface area contributed by atoms with Crippen molar-refractivity contribution in [3.8, 4) is 11.1 Å². The maximum absolute atomic E-state index is 12.3. The summed E-state index contributed by atoms with van der Waals surface area (Å²) in [5.74, 6) is -1.55. The van der Waals surface area contributed by atoms with Crippen LogP contribution in [0.5, 0.6) is 0 Å². The summed E-state index contributed by atoms with van der Waals surface area (Å²) in [5.41, 5.74) is 5.01. The Morgan fingerprint density at radius 3 is 2.35 bits per heavy atom. The average Bonchev–Trinajstić information content (AvgIpc) is 3.42. The van der Waals surface area contributed by atoms with Gasteiger partial charge < -0.3 is 20.1 Å². The highest BCUT2D eigenvalue weighted by Crippen LogP contribution is 2.44. The number of ether oxygens (including phenoxy) is 1. The molecular formula is C24H25N5O5. The number of carboxylic acid groups (broad SMARTS) is 1. The molecule has 3 aromatic rings. The molecule has 0 bridgehead atoms. The summed E-state index contributed by atoms with van der Waals surface area (Å²) in [6.07, 6.45) is 0.934. The van der Waals surface area contributed by atoms with Gasteiger partial charge in [0.05, 0.1) is 12.7 Å². The number of carbonyl (C=O) groups excluding carboxylic acids is 2. The predicted molar refractivity (Wildman–Crippen MR) is 122 cm³/mol. The van der Waals surface area contributed by atoms with Gasteiger partial charge >= 0.3 is 12.1 Å². The maximum atomic E-state index is 12.3. The highest BCUT2D eigenvalue weighted by Gasteiger charge is 2.29. The zero-order chi connectivity index (χ0) is 24.2. The van der Waals surface area contributed by atoms with E-state index in [1.165, 1.54) is 24.9 Å². The van der Waals surface area contributed by atoms with E-state index in [0.29, 0.717) is 5.69 Å². The molecule has 1 aliphatic rings. The number of carboxylic acids is 1. The van der Waals surface area contributed by atoms with Crippen LogP contribution in [0.15, 0.2) is 54.7 Å². The lowest BCUT2D eigenvalue weighted by molar-refractivity contribution is -0.148. The number of amides is 2. The van der Waals surface area contributed by atoms with Gasteiger partial charge in [-0.3, -0.25) is 4.79 Å². The third kappa shape index (κ3) is 4.75. The van der Waals surface area contributed by atoms with Crippen LogP contribution in [0.1, 0.15) is 29.7 Å². The molecule has 1 aliphatic carbocycles. The minimum absolute atomic E-state index is 0.0322. The molecule has 0 fully saturated rings. The quantitative estimate of drug-likeness (QED) is 0.525. The van der Waals surface area contributed by atoms with E-state index in [-0.39, 0.29) is 25.6 Å². The van der Waals surface area contributed by atoms with Crippen molar-refractivity contribution < 1.29 is 24.2 Å². The van der Waals surface area contributed by atoms with Crippen LogP contribution in [0.25, 0.3) is 11.1 Å². The van der Waals surface area contributed by atoms with Crippen molar-refractivity contribution in [1.29, 1.82) is 0 Å². The first-order valence-corrected chi connectivity index (χ1v) is 10.8. The van der Waals surface area contributed by atoms with E-state index in [4.69, 9.17) is 9.84 Å². The van der Waals surface area contributed by atoms with E-state index in [9.17, 15) is 14.4 Å². The smallest absolute Gasteiger partial charge is 0.407 e. The number of aliphatic carboxylic acids is 1. The number of fused-ring (bicyclic) bond motifs is 3. The minimum Gasteiger partial charge on any atom is -0.480 e. The van der Waals surface area contributed by atoms with Crippen LogP contribution in [0.2, 0.25) is 0 Å². The van der Waals surface area contributed by atoms with E-state index >= 15 is 0 Å². The molecule has 1 heterocycles. The number of nitrogens with one attached hydrogen (secondary N) is 1.